The van der Waals surface area contributed by atoms with E-state index in [2.05, 4.69) is 20.2 Å². The molecule has 0 aliphatic rings. The van der Waals surface area contributed by atoms with Gasteiger partial charge in [0.05, 0.1) is 18.5 Å². The van der Waals surface area contributed by atoms with Crippen LogP contribution in [-0.2, 0) is 16.6 Å². The molecular formula is C11H16N4O3S. The Morgan fingerprint density at radius 2 is 2.32 bits per heavy atom. The quantitative estimate of drug-likeness (QED) is 0.727. The smallest absolute Gasteiger partial charge is 0.258 e. The van der Waals surface area contributed by atoms with E-state index in [4.69, 9.17) is 4.42 Å². The molecule has 1 unspecified atom stereocenters. The molecule has 2 rings (SSSR count). The molecule has 0 radical (unpaired) electrons. The van der Waals surface area contributed by atoms with Crippen LogP contribution < -0.4 is 10.0 Å². The van der Waals surface area contributed by atoms with E-state index in [1.807, 2.05) is 0 Å². The molecule has 3 N–H and O–H groups in total. The predicted molar refractivity (Wildman–Crippen MR) is 68.8 cm³/mol. The monoisotopic (exact) mass is 284 g/mol. The normalized spacial score (nSPS) is 13.6. The first-order valence-electron chi connectivity index (χ1n) is 5.77. The second-order valence-electron chi connectivity index (χ2n) is 4.11. The summed E-state index contributed by atoms with van der Waals surface area (Å²) in [4.78, 5) is 0. The van der Waals surface area contributed by atoms with Gasteiger partial charge < -0.3 is 9.73 Å². The summed E-state index contributed by atoms with van der Waals surface area (Å²) >= 11 is 0. The molecule has 2 aromatic heterocycles. The molecule has 0 aromatic carbocycles. The second-order valence-corrected chi connectivity index (χ2v) is 5.76. The maximum absolute atomic E-state index is 12.2. The second kappa shape index (κ2) is 5.55. The molecule has 0 saturated heterocycles. The van der Waals surface area contributed by atoms with Gasteiger partial charge in [-0.3, -0.25) is 5.10 Å². The third-order valence-electron chi connectivity index (χ3n) is 2.62. The van der Waals surface area contributed by atoms with Gasteiger partial charge in [0.15, 0.2) is 5.03 Å². The number of rotatable bonds is 6. The molecule has 0 fully saturated rings. The van der Waals surface area contributed by atoms with Gasteiger partial charge in [-0.2, -0.15) is 9.82 Å². The van der Waals surface area contributed by atoms with Crippen molar-refractivity contribution in [2.24, 2.45) is 0 Å². The third kappa shape index (κ3) is 3.03. The lowest BCUT2D eigenvalue weighted by atomic mass is 10.3. The Morgan fingerprint density at radius 3 is 2.95 bits per heavy atom. The van der Waals surface area contributed by atoms with Crippen molar-refractivity contribution in [2.45, 2.75) is 24.5 Å². The highest BCUT2D eigenvalue weighted by molar-refractivity contribution is 7.89. The predicted octanol–water partition coefficient (Wildman–Crippen LogP) is 0.762. The van der Waals surface area contributed by atoms with Gasteiger partial charge >= 0.3 is 0 Å². The van der Waals surface area contributed by atoms with E-state index >= 15 is 0 Å². The van der Waals surface area contributed by atoms with Crippen LogP contribution in [0.5, 0.6) is 0 Å². The molecule has 19 heavy (non-hydrogen) atoms. The molecule has 0 aliphatic carbocycles. The van der Waals surface area contributed by atoms with Gasteiger partial charge in [0, 0.05) is 12.1 Å². The molecule has 0 bridgehead atoms. The number of nitrogens with one attached hydrogen (secondary N) is 3. The Labute approximate surface area is 111 Å². The standard InChI is InChI=1S/C11H16N4O3S/c1-8(10-4-3-5-18-10)15-19(16,17)11-9(6-12-2)7-13-14-11/h3-5,7-8,12,15H,6H2,1-2H3,(H,13,14). The van der Waals surface area contributed by atoms with Gasteiger partial charge in [0.2, 0.25) is 0 Å². The van der Waals surface area contributed by atoms with E-state index in [-0.39, 0.29) is 5.03 Å². The fourth-order valence-electron chi connectivity index (χ4n) is 1.74. The summed E-state index contributed by atoms with van der Waals surface area (Å²) in [6.07, 6.45) is 2.99. The largest absolute Gasteiger partial charge is 0.468 e. The molecule has 0 spiro atoms. The van der Waals surface area contributed by atoms with Crippen molar-refractivity contribution >= 4 is 10.0 Å². The van der Waals surface area contributed by atoms with Crippen LogP contribution in [0.1, 0.15) is 24.3 Å². The van der Waals surface area contributed by atoms with Crippen LogP contribution in [-0.4, -0.2) is 25.7 Å². The van der Waals surface area contributed by atoms with E-state index in [0.29, 0.717) is 17.9 Å². The summed E-state index contributed by atoms with van der Waals surface area (Å²) in [5, 5.41) is 9.24. The van der Waals surface area contributed by atoms with Crippen LogP contribution in [0.15, 0.2) is 34.0 Å². The highest BCUT2D eigenvalue weighted by atomic mass is 32.2. The van der Waals surface area contributed by atoms with Crippen molar-refractivity contribution in [1.29, 1.82) is 0 Å². The lowest BCUT2D eigenvalue weighted by Gasteiger charge is -2.11. The van der Waals surface area contributed by atoms with E-state index in [0.717, 1.165) is 0 Å². The average molecular weight is 284 g/mol. The summed E-state index contributed by atoms with van der Waals surface area (Å²) in [5.74, 6) is 0.554. The first-order chi connectivity index (χ1) is 9.04. The first-order valence-corrected chi connectivity index (χ1v) is 7.25. The molecule has 1 atom stereocenters. The SMILES string of the molecule is CNCc1cn[nH]c1S(=O)(=O)NC(C)c1ccco1. The maximum atomic E-state index is 12.2. The van der Waals surface area contributed by atoms with E-state index < -0.39 is 16.1 Å². The number of H-pyrrole nitrogens is 1. The van der Waals surface area contributed by atoms with Crippen LogP contribution >= 0.6 is 0 Å². The van der Waals surface area contributed by atoms with Gasteiger partial charge in [0.1, 0.15) is 5.76 Å². The topological polar surface area (TPSA) is 100 Å². The number of sulfonamides is 1. The van der Waals surface area contributed by atoms with Gasteiger partial charge in [-0.05, 0) is 26.1 Å². The van der Waals surface area contributed by atoms with Gasteiger partial charge in [-0.1, -0.05) is 0 Å². The Balaban J connectivity index is 2.20. The number of aromatic amines is 1. The average Bonchev–Trinajstić information content (AvgIpc) is 2.99. The van der Waals surface area contributed by atoms with Crippen molar-refractivity contribution in [2.75, 3.05) is 7.05 Å². The summed E-state index contributed by atoms with van der Waals surface area (Å²) in [6.45, 7) is 2.13. The molecule has 0 amide bonds. The summed E-state index contributed by atoms with van der Waals surface area (Å²) in [7, 11) is -1.92. The summed E-state index contributed by atoms with van der Waals surface area (Å²) in [5.41, 5.74) is 0.585. The zero-order valence-electron chi connectivity index (χ0n) is 10.7. The van der Waals surface area contributed by atoms with Crippen LogP contribution in [0.25, 0.3) is 0 Å². The Morgan fingerprint density at radius 1 is 1.53 bits per heavy atom. The Hall–Kier alpha value is -1.64. The molecule has 2 heterocycles. The summed E-state index contributed by atoms with van der Waals surface area (Å²) < 4.78 is 32.2. The molecule has 8 heteroatoms. The number of aromatic nitrogens is 2. The van der Waals surface area contributed by atoms with Crippen LogP contribution in [0, 0.1) is 0 Å². The maximum Gasteiger partial charge on any atom is 0.258 e. The van der Waals surface area contributed by atoms with Gasteiger partial charge in [0.25, 0.3) is 10.0 Å². The van der Waals surface area contributed by atoms with E-state index in [1.165, 1.54) is 12.5 Å². The lowest BCUT2D eigenvalue weighted by molar-refractivity contribution is 0.458. The Bertz CT molecular complexity index is 618. The number of hydrogen-bond donors (Lipinski definition) is 3. The summed E-state index contributed by atoms with van der Waals surface area (Å²) in [6, 6.07) is 2.97. The molecule has 7 nitrogen and oxygen atoms in total. The minimum atomic E-state index is -3.66. The van der Waals surface area contributed by atoms with Crippen molar-refractivity contribution < 1.29 is 12.8 Å². The molecule has 2 aromatic rings. The van der Waals surface area contributed by atoms with Crippen LogP contribution in [0.2, 0.25) is 0 Å². The molecule has 104 valence electrons. The van der Waals surface area contributed by atoms with Crippen molar-refractivity contribution in [3.63, 3.8) is 0 Å². The number of nitrogens with zero attached hydrogens (tertiary/aromatic N) is 1. The first kappa shape index (κ1) is 13.8. The Kier molecular flexibility index (Phi) is 4.03. The van der Waals surface area contributed by atoms with Crippen molar-refractivity contribution in [1.82, 2.24) is 20.2 Å². The minimum absolute atomic E-state index is 0.0697. The van der Waals surface area contributed by atoms with E-state index in [1.54, 1.807) is 26.1 Å². The lowest BCUT2D eigenvalue weighted by Crippen LogP contribution is -2.28. The van der Waals surface area contributed by atoms with Crippen molar-refractivity contribution in [3.05, 3.63) is 35.9 Å². The minimum Gasteiger partial charge on any atom is -0.468 e. The third-order valence-corrected chi connectivity index (χ3v) is 4.17. The zero-order valence-corrected chi connectivity index (χ0v) is 11.5. The highest BCUT2D eigenvalue weighted by Crippen LogP contribution is 2.18. The van der Waals surface area contributed by atoms with Gasteiger partial charge in [-0.15, -0.1) is 0 Å². The molecular weight excluding hydrogens is 268 g/mol. The van der Waals surface area contributed by atoms with Crippen LogP contribution in [0.3, 0.4) is 0 Å². The zero-order chi connectivity index (χ0) is 13.9. The number of hydrogen-bond acceptors (Lipinski definition) is 5. The van der Waals surface area contributed by atoms with E-state index in [9.17, 15) is 8.42 Å². The number of furan rings is 1. The van der Waals surface area contributed by atoms with Gasteiger partial charge in [-0.25, -0.2) is 8.42 Å². The molecule has 0 saturated carbocycles. The fourth-order valence-corrected chi connectivity index (χ4v) is 3.08. The fraction of sp³-hybridized carbons (Fsp3) is 0.364. The highest BCUT2D eigenvalue weighted by Gasteiger charge is 2.24. The van der Waals surface area contributed by atoms with Crippen LogP contribution in [0.4, 0.5) is 0 Å². The molecule has 0 aliphatic heterocycles. The van der Waals surface area contributed by atoms with Crippen molar-refractivity contribution in [3.8, 4) is 0 Å².